The summed E-state index contributed by atoms with van der Waals surface area (Å²) in [6, 6.07) is -0.538. The average molecular weight is 1180 g/mol. The van der Waals surface area contributed by atoms with Gasteiger partial charge in [-0.3, -0.25) is 9.59 Å². The van der Waals surface area contributed by atoms with Gasteiger partial charge in [-0.1, -0.05) is 398 Å². The molecule has 0 bridgehead atoms. The Morgan fingerprint density at radius 3 is 0.952 bits per heavy atom. The minimum absolute atomic E-state index is 0.00788. The molecule has 1 amide bonds. The van der Waals surface area contributed by atoms with Gasteiger partial charge in [0, 0.05) is 12.8 Å². The third-order valence-corrected chi connectivity index (χ3v) is 18.2. The lowest BCUT2D eigenvalue weighted by atomic mass is 10.0. The number of rotatable bonds is 73. The first-order valence-electron chi connectivity index (χ1n) is 38.6. The van der Waals surface area contributed by atoms with E-state index in [1.165, 1.54) is 353 Å². The zero-order valence-electron chi connectivity index (χ0n) is 57.2. The van der Waals surface area contributed by atoms with E-state index in [2.05, 4.69) is 43.5 Å². The smallest absolute Gasteiger partial charge is 0.305 e. The van der Waals surface area contributed by atoms with Crippen LogP contribution in [0, 0.1) is 0 Å². The first-order valence-corrected chi connectivity index (χ1v) is 38.6. The van der Waals surface area contributed by atoms with Gasteiger partial charge in [-0.2, -0.15) is 0 Å². The molecular weight excluding hydrogens is 1030 g/mol. The van der Waals surface area contributed by atoms with Gasteiger partial charge in [-0.15, -0.1) is 0 Å². The minimum atomic E-state index is -0.661. The predicted molar refractivity (Wildman–Crippen MR) is 370 cm³/mol. The molecule has 0 radical (unpaired) electrons. The van der Waals surface area contributed by atoms with Crippen LogP contribution in [0.2, 0.25) is 0 Å². The zero-order valence-corrected chi connectivity index (χ0v) is 57.2. The summed E-state index contributed by atoms with van der Waals surface area (Å²) in [5.74, 6) is -0.0170. The number of esters is 1. The van der Waals surface area contributed by atoms with Crippen LogP contribution < -0.4 is 5.32 Å². The van der Waals surface area contributed by atoms with Gasteiger partial charge in [-0.05, 0) is 51.4 Å². The van der Waals surface area contributed by atoms with E-state index >= 15 is 0 Å². The highest BCUT2D eigenvalue weighted by Crippen LogP contribution is 2.20. The van der Waals surface area contributed by atoms with Gasteiger partial charge < -0.3 is 20.3 Å². The third-order valence-electron chi connectivity index (χ3n) is 18.2. The van der Waals surface area contributed by atoms with E-state index in [-0.39, 0.29) is 18.5 Å². The van der Waals surface area contributed by atoms with Crippen LogP contribution in [-0.4, -0.2) is 47.4 Å². The fourth-order valence-electron chi connectivity index (χ4n) is 12.4. The van der Waals surface area contributed by atoms with Gasteiger partial charge in [-0.25, -0.2) is 0 Å². The Morgan fingerprint density at radius 2 is 0.619 bits per heavy atom. The highest BCUT2D eigenvalue weighted by atomic mass is 16.5. The normalized spacial score (nSPS) is 12.6. The maximum absolute atomic E-state index is 12.6. The van der Waals surface area contributed by atoms with Crippen LogP contribution in [0.25, 0.3) is 0 Å². The van der Waals surface area contributed by atoms with Crippen molar-refractivity contribution in [3.05, 3.63) is 24.3 Å². The molecule has 0 aromatic carbocycles. The van der Waals surface area contributed by atoms with Crippen molar-refractivity contribution in [1.82, 2.24) is 5.32 Å². The van der Waals surface area contributed by atoms with Crippen molar-refractivity contribution >= 4 is 11.9 Å². The van der Waals surface area contributed by atoms with Crippen LogP contribution in [-0.2, 0) is 14.3 Å². The van der Waals surface area contributed by atoms with E-state index in [1.807, 2.05) is 0 Å². The van der Waals surface area contributed by atoms with E-state index in [1.54, 1.807) is 0 Å². The van der Waals surface area contributed by atoms with E-state index in [9.17, 15) is 19.8 Å². The van der Waals surface area contributed by atoms with E-state index in [4.69, 9.17) is 4.74 Å². The third kappa shape index (κ3) is 69.4. The topological polar surface area (TPSA) is 95.9 Å². The van der Waals surface area contributed by atoms with Crippen LogP contribution in [0.15, 0.2) is 24.3 Å². The number of carbonyl (C=O) groups excluding carboxylic acids is 2. The molecule has 2 atom stereocenters. The van der Waals surface area contributed by atoms with Crippen molar-refractivity contribution in [2.45, 2.75) is 450 Å². The van der Waals surface area contributed by atoms with Crippen molar-refractivity contribution < 1.29 is 24.5 Å². The molecule has 0 rings (SSSR count). The van der Waals surface area contributed by atoms with E-state index in [0.717, 1.165) is 51.4 Å². The molecule has 2 unspecified atom stereocenters. The number of aliphatic hydroxyl groups is 2. The molecule has 0 heterocycles. The average Bonchev–Trinajstić information content (AvgIpc) is 3.51. The molecule has 84 heavy (non-hydrogen) atoms. The second-order valence-electron chi connectivity index (χ2n) is 26.7. The molecule has 6 nitrogen and oxygen atoms in total. The summed E-state index contributed by atoms with van der Waals surface area (Å²) >= 11 is 0. The molecule has 498 valence electrons. The Hall–Kier alpha value is -1.66. The van der Waals surface area contributed by atoms with Gasteiger partial charge in [0.15, 0.2) is 0 Å². The zero-order chi connectivity index (χ0) is 60.6. The Labute approximate surface area is 526 Å². The number of nitrogens with one attached hydrogen (secondary N) is 1. The van der Waals surface area contributed by atoms with Crippen LogP contribution in [0.1, 0.15) is 438 Å². The summed E-state index contributed by atoms with van der Waals surface area (Å²) in [4.78, 5) is 24.6. The van der Waals surface area contributed by atoms with Gasteiger partial charge >= 0.3 is 5.97 Å². The number of unbranched alkanes of at least 4 members (excludes halogenated alkanes) is 58. The molecule has 0 aliphatic carbocycles. The number of allylic oxidation sites excluding steroid dienone is 4. The predicted octanol–water partition coefficient (Wildman–Crippen LogP) is 25.3. The Morgan fingerprint density at radius 1 is 0.333 bits per heavy atom. The van der Waals surface area contributed by atoms with Crippen LogP contribution in [0.3, 0.4) is 0 Å². The summed E-state index contributed by atoms with van der Waals surface area (Å²) in [6.07, 6.45) is 94.1. The Kier molecular flexibility index (Phi) is 72.3. The second-order valence-corrected chi connectivity index (χ2v) is 26.7. The maximum atomic E-state index is 12.6. The molecule has 0 aromatic rings. The lowest BCUT2D eigenvalue weighted by Gasteiger charge is -2.22. The molecule has 0 aliphatic rings. The number of carbonyl (C=O) groups is 2. The number of amides is 1. The molecule has 0 spiro atoms. The fourth-order valence-corrected chi connectivity index (χ4v) is 12.4. The number of aliphatic hydroxyl groups excluding tert-OH is 2. The summed E-state index contributed by atoms with van der Waals surface area (Å²) < 4.78 is 5.48. The van der Waals surface area contributed by atoms with Crippen molar-refractivity contribution in [3.8, 4) is 0 Å². The van der Waals surface area contributed by atoms with Crippen molar-refractivity contribution in [1.29, 1.82) is 0 Å². The van der Waals surface area contributed by atoms with Crippen molar-refractivity contribution in [2.24, 2.45) is 0 Å². The largest absolute Gasteiger partial charge is 0.466 e. The fraction of sp³-hybridized carbons (Fsp3) is 0.923. The molecule has 6 heteroatoms. The van der Waals surface area contributed by atoms with Gasteiger partial charge in [0.25, 0.3) is 0 Å². The standard InChI is InChI=1S/C78H151NO5/c1-3-5-7-9-11-13-15-17-18-19-37-40-43-47-50-54-58-62-66-70-76(81)75(74-80)79-77(82)71-67-63-59-55-51-48-44-41-38-35-33-31-29-27-25-23-21-20-22-24-26-28-30-32-34-36-39-42-45-49-53-57-61-65-69-73-84-78(83)72-68-64-60-56-52-46-16-14-12-10-8-6-4-2/h8,10,14,16,75-76,80-81H,3-7,9,11-13,15,17-74H2,1-2H3,(H,79,82)/b10-8-,16-14-. The number of ether oxygens (including phenoxy) is 1. The summed E-state index contributed by atoms with van der Waals surface area (Å²) in [5.41, 5.74) is 0. The summed E-state index contributed by atoms with van der Waals surface area (Å²) in [7, 11) is 0. The molecular formula is C78H151NO5. The van der Waals surface area contributed by atoms with E-state index in [0.29, 0.717) is 25.9 Å². The van der Waals surface area contributed by atoms with Crippen LogP contribution in [0.4, 0.5) is 0 Å². The van der Waals surface area contributed by atoms with Gasteiger partial charge in [0.2, 0.25) is 5.91 Å². The quantitative estimate of drug-likeness (QED) is 0.0320. The Balaban J connectivity index is 3.31. The van der Waals surface area contributed by atoms with Crippen LogP contribution >= 0.6 is 0 Å². The number of hydrogen-bond donors (Lipinski definition) is 3. The summed E-state index contributed by atoms with van der Waals surface area (Å²) in [5, 5.41) is 23.4. The minimum Gasteiger partial charge on any atom is -0.466 e. The summed E-state index contributed by atoms with van der Waals surface area (Å²) in [6.45, 7) is 4.93. The van der Waals surface area contributed by atoms with Crippen LogP contribution in [0.5, 0.6) is 0 Å². The molecule has 3 N–H and O–H groups in total. The Bertz CT molecular complexity index is 1320. The van der Waals surface area contributed by atoms with Crippen molar-refractivity contribution in [2.75, 3.05) is 13.2 Å². The SMILES string of the molecule is CCC/C=C\C/C=C\CCCCCCCC(=O)OCCCCCCCCCCCCCCCCCCCCCCCCCCCCCCCCCCCCCC(=O)NC(CO)C(O)CCCCCCCCCCCCCCCCCCCCC. The number of hydrogen-bond acceptors (Lipinski definition) is 5. The van der Waals surface area contributed by atoms with Gasteiger partial charge in [0.1, 0.15) is 0 Å². The molecule has 0 aromatic heterocycles. The molecule has 0 saturated carbocycles. The lowest BCUT2D eigenvalue weighted by Crippen LogP contribution is -2.45. The van der Waals surface area contributed by atoms with Crippen molar-refractivity contribution in [3.63, 3.8) is 0 Å². The molecule has 0 aliphatic heterocycles. The molecule has 0 saturated heterocycles. The lowest BCUT2D eigenvalue weighted by molar-refractivity contribution is -0.143. The first kappa shape index (κ1) is 82.3. The highest BCUT2D eigenvalue weighted by Gasteiger charge is 2.20. The molecule has 0 fully saturated rings. The first-order chi connectivity index (χ1) is 41.5. The highest BCUT2D eigenvalue weighted by molar-refractivity contribution is 5.76. The monoisotopic (exact) mass is 1180 g/mol. The second kappa shape index (κ2) is 73.8. The van der Waals surface area contributed by atoms with Gasteiger partial charge in [0.05, 0.1) is 25.4 Å². The van der Waals surface area contributed by atoms with E-state index < -0.39 is 12.1 Å². The maximum Gasteiger partial charge on any atom is 0.305 e.